The van der Waals surface area contributed by atoms with Gasteiger partial charge in [-0.05, 0) is 86.7 Å². The third-order valence-corrected chi connectivity index (χ3v) is 20.5. The number of carbonyl (C=O) groups is 1. The zero-order valence-electron chi connectivity index (χ0n) is 33.9. The number of hydrogen-bond donors (Lipinski definition) is 1. The van der Waals surface area contributed by atoms with Crippen LogP contribution in [-0.2, 0) is 22.8 Å². The standard InChI is InChI=1S/C39H74O6Si3/c1-17-21-27-39(11,45-46(12,13)14)28-24-26-32-31(25-22-23-29-42-35(36(40)41)37(5,6)7)33(43-47(15,16)38(8,9)10)30-34(32)44-48(18-2,19-3)20-4/h24,26,32,34-35H,17-21,25,27-30H2,1-16H3,(H,40,41)/b26-24+/t32-,34-,35?,39?/m0/s1. The van der Waals surface area contributed by atoms with Crippen molar-refractivity contribution in [3.05, 3.63) is 23.5 Å². The Labute approximate surface area is 299 Å². The summed E-state index contributed by atoms with van der Waals surface area (Å²) in [4.78, 5) is 11.8. The van der Waals surface area contributed by atoms with Crippen molar-refractivity contribution in [1.82, 2.24) is 0 Å². The Kier molecular flexibility index (Phi) is 17.2. The van der Waals surface area contributed by atoms with Gasteiger partial charge in [0.05, 0.1) is 17.5 Å². The summed E-state index contributed by atoms with van der Waals surface area (Å²) in [5.41, 5.74) is 0.480. The van der Waals surface area contributed by atoms with Crippen molar-refractivity contribution >= 4 is 30.9 Å². The zero-order valence-corrected chi connectivity index (χ0v) is 36.9. The molecule has 48 heavy (non-hydrogen) atoms. The lowest BCUT2D eigenvalue weighted by atomic mass is 9.89. The molecule has 1 N–H and O–H groups in total. The van der Waals surface area contributed by atoms with Gasteiger partial charge in [0, 0.05) is 18.8 Å². The SMILES string of the molecule is CCCCC(C)(C/C=C/[C@H]1C(CC#CCOC(C(=O)O)C(C)(C)C)=C(O[Si](C)(C)C(C)(C)C)C[C@@H]1O[Si](CC)(CC)CC)O[Si](C)(C)C. The molecular weight excluding hydrogens is 649 g/mol. The van der Waals surface area contributed by atoms with Crippen LogP contribution in [0.4, 0.5) is 0 Å². The normalized spacial score (nSPS) is 20.1. The van der Waals surface area contributed by atoms with Crippen molar-refractivity contribution in [2.75, 3.05) is 6.61 Å². The van der Waals surface area contributed by atoms with Crippen molar-refractivity contribution in [2.45, 2.75) is 188 Å². The highest BCUT2D eigenvalue weighted by Gasteiger charge is 2.45. The van der Waals surface area contributed by atoms with Crippen LogP contribution in [0.25, 0.3) is 0 Å². The number of carboxylic acid groups (broad SMARTS) is 1. The van der Waals surface area contributed by atoms with Gasteiger partial charge in [0.1, 0.15) is 6.61 Å². The van der Waals surface area contributed by atoms with E-state index >= 15 is 0 Å². The topological polar surface area (TPSA) is 74.2 Å². The molecule has 0 saturated heterocycles. The van der Waals surface area contributed by atoms with E-state index in [1.54, 1.807) is 0 Å². The van der Waals surface area contributed by atoms with E-state index in [4.69, 9.17) is 18.0 Å². The molecule has 0 aliphatic heterocycles. The third kappa shape index (κ3) is 13.9. The predicted molar refractivity (Wildman–Crippen MR) is 211 cm³/mol. The van der Waals surface area contributed by atoms with Crippen LogP contribution in [0.15, 0.2) is 23.5 Å². The van der Waals surface area contributed by atoms with Crippen LogP contribution in [0.2, 0.25) is 55.9 Å². The summed E-state index contributed by atoms with van der Waals surface area (Å²) >= 11 is 0. The van der Waals surface area contributed by atoms with E-state index in [0.29, 0.717) is 6.42 Å². The monoisotopic (exact) mass is 722 g/mol. The number of aliphatic carboxylic acids is 1. The number of unbranched alkanes of at least 4 members (excludes halogenated alkanes) is 1. The molecule has 0 aromatic heterocycles. The molecule has 1 aliphatic rings. The Balaban J connectivity index is 3.66. The van der Waals surface area contributed by atoms with Gasteiger partial charge in [0.25, 0.3) is 0 Å². The fraction of sp³-hybridized carbons (Fsp3) is 0.821. The first-order chi connectivity index (χ1) is 21.9. The summed E-state index contributed by atoms with van der Waals surface area (Å²) < 4.78 is 27.0. The van der Waals surface area contributed by atoms with Gasteiger partial charge in [-0.1, -0.05) is 106 Å². The lowest BCUT2D eigenvalue weighted by Gasteiger charge is -2.37. The second kappa shape index (κ2) is 18.4. The molecule has 278 valence electrons. The molecular formula is C39H74O6Si3. The largest absolute Gasteiger partial charge is 0.546 e. The summed E-state index contributed by atoms with van der Waals surface area (Å²) in [6.45, 7) is 35.4. The van der Waals surface area contributed by atoms with Crippen molar-refractivity contribution in [3.63, 3.8) is 0 Å². The first-order valence-corrected chi connectivity index (χ1v) is 27.5. The van der Waals surface area contributed by atoms with Gasteiger partial charge in [-0.2, -0.15) is 0 Å². The van der Waals surface area contributed by atoms with Crippen LogP contribution in [-0.4, -0.2) is 60.4 Å². The molecule has 4 atom stereocenters. The molecule has 0 spiro atoms. The molecule has 0 amide bonds. The Bertz CT molecular complexity index is 1130. The molecule has 2 unspecified atom stereocenters. The minimum absolute atomic E-state index is 0.0117. The first-order valence-electron chi connectivity index (χ1n) is 18.7. The predicted octanol–water partition coefficient (Wildman–Crippen LogP) is 11.3. The first kappa shape index (κ1) is 44.9. The summed E-state index contributed by atoms with van der Waals surface area (Å²) in [6, 6.07) is 3.28. The molecule has 0 fully saturated rings. The third-order valence-electron chi connectivity index (χ3n) is 10.3. The van der Waals surface area contributed by atoms with E-state index < -0.39 is 42.4 Å². The Hall–Kier alpha value is -1.16. The van der Waals surface area contributed by atoms with Crippen LogP contribution in [0.3, 0.4) is 0 Å². The lowest BCUT2D eigenvalue weighted by Crippen LogP contribution is -2.42. The highest BCUT2D eigenvalue weighted by molar-refractivity contribution is 6.74. The molecule has 0 aromatic carbocycles. The Morgan fingerprint density at radius 1 is 0.958 bits per heavy atom. The average molecular weight is 723 g/mol. The maximum Gasteiger partial charge on any atom is 0.333 e. The molecule has 0 saturated carbocycles. The number of rotatable bonds is 19. The van der Waals surface area contributed by atoms with E-state index in [1.165, 1.54) is 5.57 Å². The minimum Gasteiger partial charge on any atom is -0.546 e. The Morgan fingerprint density at radius 3 is 2.00 bits per heavy atom. The summed E-state index contributed by atoms with van der Waals surface area (Å²) in [6.07, 6.45) is 9.29. The molecule has 1 aliphatic carbocycles. The number of hydrogen-bond acceptors (Lipinski definition) is 5. The van der Waals surface area contributed by atoms with Gasteiger partial charge in [-0.15, -0.1) is 0 Å². The molecule has 0 radical (unpaired) electrons. The number of carboxylic acids is 1. The van der Waals surface area contributed by atoms with Crippen LogP contribution in [0.1, 0.15) is 115 Å². The van der Waals surface area contributed by atoms with Crippen LogP contribution in [0, 0.1) is 23.2 Å². The fourth-order valence-corrected chi connectivity index (χ4v) is 12.0. The smallest absolute Gasteiger partial charge is 0.333 e. The van der Waals surface area contributed by atoms with Crippen LogP contribution < -0.4 is 0 Å². The van der Waals surface area contributed by atoms with Gasteiger partial charge < -0.3 is 23.1 Å². The highest BCUT2D eigenvalue weighted by atomic mass is 28.4. The molecule has 0 heterocycles. The summed E-state index contributed by atoms with van der Waals surface area (Å²) in [5.74, 6) is 6.65. The molecule has 0 bridgehead atoms. The molecule has 9 heteroatoms. The van der Waals surface area contributed by atoms with Gasteiger partial charge in [0.15, 0.2) is 22.7 Å². The van der Waals surface area contributed by atoms with E-state index in [0.717, 1.165) is 56.0 Å². The van der Waals surface area contributed by atoms with E-state index in [9.17, 15) is 9.90 Å². The maximum absolute atomic E-state index is 11.8. The summed E-state index contributed by atoms with van der Waals surface area (Å²) in [7, 11) is -5.82. The zero-order chi connectivity index (χ0) is 37.2. The van der Waals surface area contributed by atoms with Gasteiger partial charge >= 0.3 is 5.97 Å². The fourth-order valence-electron chi connectivity index (χ4n) is 6.29. The van der Waals surface area contributed by atoms with E-state index in [-0.39, 0.29) is 29.3 Å². The van der Waals surface area contributed by atoms with Crippen molar-refractivity contribution < 1.29 is 27.9 Å². The van der Waals surface area contributed by atoms with Gasteiger partial charge in [-0.3, -0.25) is 0 Å². The number of ether oxygens (including phenoxy) is 1. The Morgan fingerprint density at radius 2 is 1.54 bits per heavy atom. The van der Waals surface area contributed by atoms with Gasteiger partial charge in [0.2, 0.25) is 8.32 Å². The van der Waals surface area contributed by atoms with Crippen LogP contribution in [0.5, 0.6) is 0 Å². The van der Waals surface area contributed by atoms with Crippen molar-refractivity contribution in [3.8, 4) is 11.8 Å². The molecule has 6 nitrogen and oxygen atoms in total. The van der Waals surface area contributed by atoms with Crippen molar-refractivity contribution in [1.29, 1.82) is 0 Å². The molecule has 0 aromatic rings. The second-order valence-electron chi connectivity index (χ2n) is 17.8. The quantitative estimate of drug-likeness (QED) is 0.0813. The van der Waals surface area contributed by atoms with E-state index in [2.05, 4.69) is 112 Å². The maximum atomic E-state index is 11.8. The molecule has 1 rings (SSSR count). The average Bonchev–Trinajstić information content (AvgIpc) is 3.24. The second-order valence-corrected chi connectivity index (χ2v) is 31.6. The minimum atomic E-state index is -2.14. The lowest BCUT2D eigenvalue weighted by molar-refractivity contribution is -0.156. The van der Waals surface area contributed by atoms with Gasteiger partial charge in [-0.25, -0.2) is 4.79 Å². The van der Waals surface area contributed by atoms with E-state index in [1.807, 2.05) is 20.8 Å². The van der Waals surface area contributed by atoms with Crippen molar-refractivity contribution in [2.24, 2.45) is 11.3 Å². The summed E-state index contributed by atoms with van der Waals surface area (Å²) in [5, 5.41) is 9.75. The van der Waals surface area contributed by atoms with Crippen LogP contribution >= 0.6 is 0 Å². The highest BCUT2D eigenvalue weighted by Crippen LogP contribution is 2.45.